The summed E-state index contributed by atoms with van der Waals surface area (Å²) in [6, 6.07) is 13.4. The molecule has 0 unspecified atom stereocenters. The number of hydrogen-bond acceptors (Lipinski definition) is 4. The molecule has 2 aromatic rings. The van der Waals surface area contributed by atoms with Crippen LogP contribution in [0.2, 0.25) is 0 Å². The van der Waals surface area contributed by atoms with Crippen molar-refractivity contribution in [1.82, 2.24) is 9.62 Å². The third-order valence-electron chi connectivity index (χ3n) is 3.51. The van der Waals surface area contributed by atoms with Crippen molar-refractivity contribution in [2.45, 2.75) is 19.4 Å². The average molecular weight is 350 g/mol. The molecule has 0 atom stereocenters. The van der Waals surface area contributed by atoms with Gasteiger partial charge in [-0.3, -0.25) is 4.79 Å². The van der Waals surface area contributed by atoms with Crippen LogP contribution in [0, 0.1) is 0 Å². The first-order valence-electron chi connectivity index (χ1n) is 7.73. The molecule has 1 aromatic heterocycles. The number of rotatable bonds is 9. The lowest BCUT2D eigenvalue weighted by Crippen LogP contribution is -2.40. The number of benzene rings is 1. The largest absolute Gasteiger partial charge is 0.468 e. The minimum absolute atomic E-state index is 0.0449. The van der Waals surface area contributed by atoms with E-state index in [4.69, 9.17) is 4.42 Å². The molecular weight excluding hydrogens is 328 g/mol. The fraction of sp³-hybridized carbons (Fsp3) is 0.353. The molecule has 0 bridgehead atoms. The monoisotopic (exact) mass is 350 g/mol. The summed E-state index contributed by atoms with van der Waals surface area (Å²) < 4.78 is 29.9. The van der Waals surface area contributed by atoms with Gasteiger partial charge in [-0.25, -0.2) is 8.42 Å². The van der Waals surface area contributed by atoms with Crippen molar-refractivity contribution in [3.8, 4) is 0 Å². The molecule has 0 saturated heterocycles. The first-order chi connectivity index (χ1) is 11.4. The molecule has 0 saturated carbocycles. The Morgan fingerprint density at radius 1 is 1.17 bits per heavy atom. The third kappa shape index (κ3) is 6.17. The van der Waals surface area contributed by atoms with Crippen molar-refractivity contribution in [3.05, 3.63) is 60.1 Å². The number of nitrogens with zero attached hydrogens (tertiary/aromatic N) is 1. The van der Waals surface area contributed by atoms with E-state index in [2.05, 4.69) is 5.32 Å². The van der Waals surface area contributed by atoms with E-state index in [0.717, 1.165) is 23.4 Å². The average Bonchev–Trinajstić information content (AvgIpc) is 3.04. The molecule has 24 heavy (non-hydrogen) atoms. The first kappa shape index (κ1) is 18.2. The Balaban J connectivity index is 1.78. The molecule has 0 radical (unpaired) electrons. The van der Waals surface area contributed by atoms with Crippen LogP contribution in [-0.2, 0) is 27.8 Å². The van der Waals surface area contributed by atoms with Gasteiger partial charge in [-0.05, 0) is 30.5 Å². The maximum Gasteiger partial charge on any atom is 0.235 e. The molecule has 2 rings (SSSR count). The van der Waals surface area contributed by atoms with Gasteiger partial charge in [0.1, 0.15) is 5.76 Å². The highest BCUT2D eigenvalue weighted by Gasteiger charge is 2.21. The lowest BCUT2D eigenvalue weighted by Gasteiger charge is -2.18. The van der Waals surface area contributed by atoms with Crippen LogP contribution in [0.25, 0.3) is 0 Å². The van der Waals surface area contributed by atoms with Crippen molar-refractivity contribution in [3.63, 3.8) is 0 Å². The molecule has 0 aliphatic heterocycles. The van der Waals surface area contributed by atoms with Crippen LogP contribution in [0.3, 0.4) is 0 Å². The second-order valence-corrected chi connectivity index (χ2v) is 7.53. The molecule has 0 spiro atoms. The molecule has 0 aliphatic rings. The smallest absolute Gasteiger partial charge is 0.235 e. The molecular formula is C17H22N2O4S. The summed E-state index contributed by atoms with van der Waals surface area (Å²) >= 11 is 0. The highest BCUT2D eigenvalue weighted by atomic mass is 32.2. The van der Waals surface area contributed by atoms with Crippen molar-refractivity contribution in [1.29, 1.82) is 0 Å². The Labute approximate surface area is 142 Å². The van der Waals surface area contributed by atoms with Crippen LogP contribution in [-0.4, -0.2) is 38.0 Å². The fourth-order valence-corrected chi connectivity index (χ4v) is 2.96. The number of hydrogen-bond donors (Lipinski definition) is 1. The van der Waals surface area contributed by atoms with Crippen LogP contribution >= 0.6 is 0 Å². The van der Waals surface area contributed by atoms with E-state index in [1.807, 2.05) is 30.3 Å². The zero-order valence-corrected chi connectivity index (χ0v) is 14.5. The van der Waals surface area contributed by atoms with Gasteiger partial charge < -0.3 is 9.73 Å². The summed E-state index contributed by atoms with van der Waals surface area (Å²) in [4.78, 5) is 12.0. The van der Waals surface area contributed by atoms with Crippen molar-refractivity contribution < 1.29 is 17.6 Å². The number of furan rings is 1. The Morgan fingerprint density at radius 2 is 1.92 bits per heavy atom. The highest BCUT2D eigenvalue weighted by molar-refractivity contribution is 7.88. The minimum Gasteiger partial charge on any atom is -0.468 e. The Bertz CT molecular complexity index is 727. The summed E-state index contributed by atoms with van der Waals surface area (Å²) in [5.74, 6) is 0.178. The van der Waals surface area contributed by atoms with Crippen LogP contribution < -0.4 is 5.32 Å². The summed E-state index contributed by atoms with van der Waals surface area (Å²) in [5.41, 5.74) is 1.21. The van der Waals surface area contributed by atoms with Gasteiger partial charge in [-0.2, -0.15) is 4.31 Å². The topological polar surface area (TPSA) is 79.6 Å². The van der Waals surface area contributed by atoms with E-state index >= 15 is 0 Å². The van der Waals surface area contributed by atoms with E-state index in [1.165, 1.54) is 11.8 Å². The van der Waals surface area contributed by atoms with E-state index in [-0.39, 0.29) is 19.0 Å². The molecule has 1 N–H and O–H groups in total. The second-order valence-electron chi connectivity index (χ2n) is 5.55. The Morgan fingerprint density at radius 3 is 2.54 bits per heavy atom. The molecule has 1 amide bonds. The standard InChI is InChI=1S/C17H22N2O4S/c1-24(21,22)19(13-16-10-6-12-23-16)14-17(20)18-11-5-9-15-7-3-2-4-8-15/h2-4,6-8,10,12H,5,9,11,13-14H2,1H3,(H,18,20). The number of sulfonamides is 1. The summed E-state index contributed by atoms with van der Waals surface area (Å²) in [6.45, 7) is 0.334. The normalized spacial score (nSPS) is 11.6. The van der Waals surface area contributed by atoms with Gasteiger partial charge in [0.25, 0.3) is 0 Å². The summed E-state index contributed by atoms with van der Waals surface area (Å²) in [5, 5.41) is 2.76. The lowest BCUT2D eigenvalue weighted by molar-refractivity contribution is -0.121. The van der Waals surface area contributed by atoms with Gasteiger partial charge >= 0.3 is 0 Å². The van der Waals surface area contributed by atoms with Gasteiger partial charge in [-0.15, -0.1) is 0 Å². The molecule has 6 nitrogen and oxygen atoms in total. The zero-order chi connectivity index (χ0) is 17.4. The molecule has 130 valence electrons. The Hall–Kier alpha value is -2.12. The predicted molar refractivity (Wildman–Crippen MR) is 91.7 cm³/mol. The van der Waals surface area contributed by atoms with Gasteiger partial charge in [0.2, 0.25) is 15.9 Å². The fourth-order valence-electron chi connectivity index (χ4n) is 2.25. The van der Waals surface area contributed by atoms with Crippen molar-refractivity contribution in [2.75, 3.05) is 19.3 Å². The van der Waals surface area contributed by atoms with Crippen molar-refractivity contribution >= 4 is 15.9 Å². The Kier molecular flexibility index (Phi) is 6.57. The highest BCUT2D eigenvalue weighted by Crippen LogP contribution is 2.08. The number of aryl methyl sites for hydroxylation is 1. The van der Waals surface area contributed by atoms with E-state index in [1.54, 1.807) is 12.1 Å². The number of nitrogens with one attached hydrogen (secondary N) is 1. The SMILES string of the molecule is CS(=O)(=O)N(CC(=O)NCCCc1ccccc1)Cc1ccco1. The predicted octanol–water partition coefficient (Wildman–Crippen LogP) is 1.79. The first-order valence-corrected chi connectivity index (χ1v) is 9.58. The quantitative estimate of drug-likeness (QED) is 0.699. The number of carbonyl (C=O) groups is 1. The number of amides is 1. The lowest BCUT2D eigenvalue weighted by atomic mass is 10.1. The minimum atomic E-state index is -3.50. The molecule has 0 fully saturated rings. The van der Waals surface area contributed by atoms with Crippen LogP contribution in [0.1, 0.15) is 17.7 Å². The molecule has 0 aliphatic carbocycles. The van der Waals surface area contributed by atoms with Gasteiger partial charge in [0.05, 0.1) is 25.6 Å². The summed E-state index contributed by atoms with van der Waals surface area (Å²) in [7, 11) is -3.50. The third-order valence-corrected chi connectivity index (χ3v) is 4.70. The van der Waals surface area contributed by atoms with Crippen LogP contribution in [0.4, 0.5) is 0 Å². The molecule has 7 heteroatoms. The maximum atomic E-state index is 12.0. The van der Waals surface area contributed by atoms with Gasteiger partial charge in [0, 0.05) is 6.54 Å². The van der Waals surface area contributed by atoms with Gasteiger partial charge in [-0.1, -0.05) is 30.3 Å². The summed E-state index contributed by atoms with van der Waals surface area (Å²) in [6.07, 6.45) is 4.22. The van der Waals surface area contributed by atoms with E-state index in [9.17, 15) is 13.2 Å². The van der Waals surface area contributed by atoms with Gasteiger partial charge in [0.15, 0.2) is 0 Å². The number of carbonyl (C=O) groups excluding carboxylic acids is 1. The zero-order valence-electron chi connectivity index (χ0n) is 13.6. The van der Waals surface area contributed by atoms with E-state index < -0.39 is 10.0 Å². The van der Waals surface area contributed by atoms with Crippen LogP contribution in [0.15, 0.2) is 53.1 Å². The maximum absolute atomic E-state index is 12.0. The molecule has 1 aromatic carbocycles. The van der Waals surface area contributed by atoms with Crippen molar-refractivity contribution in [2.24, 2.45) is 0 Å². The van der Waals surface area contributed by atoms with Crippen LogP contribution in [0.5, 0.6) is 0 Å². The molecule has 1 heterocycles. The van der Waals surface area contributed by atoms with E-state index in [0.29, 0.717) is 12.3 Å². The second kappa shape index (κ2) is 8.65.